The molecule has 1 saturated heterocycles. The van der Waals surface area contributed by atoms with Gasteiger partial charge < -0.3 is 15.4 Å². The monoisotopic (exact) mass is 302 g/mol. The lowest BCUT2D eigenvalue weighted by atomic mass is 10.2. The van der Waals surface area contributed by atoms with Gasteiger partial charge in [-0.25, -0.2) is 0 Å². The standard InChI is InChI=1S/C12H22N4OS2/c18-11(13-8-10-6-3-7-17-10)15-16-12(19)14-9-4-1-2-5-9/h9-10H,1-8H2,(H2,13,15,18)(H2,14,16,19)/t10-/m0/s1. The van der Waals surface area contributed by atoms with Gasteiger partial charge in [-0.2, -0.15) is 0 Å². The van der Waals surface area contributed by atoms with Crippen molar-refractivity contribution in [1.29, 1.82) is 0 Å². The second-order valence-electron chi connectivity index (χ2n) is 5.05. The van der Waals surface area contributed by atoms with Crippen LogP contribution in [0, 0.1) is 0 Å². The Morgan fingerprint density at radius 3 is 2.42 bits per heavy atom. The zero-order valence-electron chi connectivity index (χ0n) is 11.0. The Bertz CT molecular complexity index is 315. The van der Waals surface area contributed by atoms with Gasteiger partial charge in [-0.15, -0.1) is 0 Å². The van der Waals surface area contributed by atoms with Gasteiger partial charge in [-0.05, 0) is 50.1 Å². The smallest absolute Gasteiger partial charge is 0.185 e. The van der Waals surface area contributed by atoms with Crippen LogP contribution in [-0.4, -0.2) is 35.5 Å². The first-order valence-electron chi connectivity index (χ1n) is 6.96. The second-order valence-corrected chi connectivity index (χ2v) is 5.87. The Hall–Kier alpha value is -0.660. The van der Waals surface area contributed by atoms with Crippen LogP contribution in [0.2, 0.25) is 0 Å². The average Bonchev–Trinajstić information content (AvgIpc) is 3.06. The van der Waals surface area contributed by atoms with E-state index in [-0.39, 0.29) is 6.10 Å². The molecule has 1 aliphatic carbocycles. The molecule has 0 radical (unpaired) electrons. The summed E-state index contributed by atoms with van der Waals surface area (Å²) in [4.78, 5) is 0. The van der Waals surface area contributed by atoms with E-state index in [0.717, 1.165) is 26.0 Å². The third-order valence-corrected chi connectivity index (χ3v) is 3.96. The molecule has 2 aliphatic rings. The zero-order chi connectivity index (χ0) is 13.5. The Morgan fingerprint density at radius 1 is 1.00 bits per heavy atom. The summed E-state index contributed by atoms with van der Waals surface area (Å²) < 4.78 is 5.51. The molecule has 0 unspecified atom stereocenters. The number of hydrogen-bond acceptors (Lipinski definition) is 3. The molecule has 4 N–H and O–H groups in total. The van der Waals surface area contributed by atoms with Gasteiger partial charge in [0.25, 0.3) is 0 Å². The summed E-state index contributed by atoms with van der Waals surface area (Å²) in [5.41, 5.74) is 5.80. The van der Waals surface area contributed by atoms with Crippen LogP contribution >= 0.6 is 24.4 Å². The summed E-state index contributed by atoms with van der Waals surface area (Å²) in [5, 5.41) is 7.55. The quantitative estimate of drug-likeness (QED) is 0.457. The van der Waals surface area contributed by atoms with E-state index in [9.17, 15) is 0 Å². The van der Waals surface area contributed by atoms with E-state index in [1.807, 2.05) is 0 Å². The van der Waals surface area contributed by atoms with Crippen molar-refractivity contribution >= 4 is 34.7 Å². The minimum absolute atomic E-state index is 0.281. The van der Waals surface area contributed by atoms with Gasteiger partial charge in [-0.3, -0.25) is 10.9 Å². The molecule has 5 nitrogen and oxygen atoms in total. The minimum Gasteiger partial charge on any atom is -0.376 e. The van der Waals surface area contributed by atoms with E-state index in [4.69, 9.17) is 29.2 Å². The Morgan fingerprint density at radius 2 is 1.74 bits per heavy atom. The molecule has 7 heteroatoms. The highest BCUT2D eigenvalue weighted by Crippen LogP contribution is 2.17. The molecule has 0 aromatic heterocycles. The topological polar surface area (TPSA) is 57.4 Å². The number of ether oxygens (including phenoxy) is 1. The maximum Gasteiger partial charge on any atom is 0.185 e. The van der Waals surface area contributed by atoms with Crippen LogP contribution < -0.4 is 21.5 Å². The van der Waals surface area contributed by atoms with Gasteiger partial charge in [0.05, 0.1) is 6.10 Å². The minimum atomic E-state index is 0.281. The third kappa shape index (κ3) is 5.46. The maximum absolute atomic E-state index is 5.51. The molecule has 0 amide bonds. The SMILES string of the molecule is S=C(NC[C@@H]1CCCO1)NNC(=S)NC1CCCC1. The highest BCUT2D eigenvalue weighted by Gasteiger charge is 2.16. The summed E-state index contributed by atoms with van der Waals surface area (Å²) in [6, 6.07) is 0.509. The molecule has 1 heterocycles. The molecule has 1 atom stereocenters. The summed E-state index contributed by atoms with van der Waals surface area (Å²) >= 11 is 10.4. The first-order valence-corrected chi connectivity index (χ1v) is 7.77. The van der Waals surface area contributed by atoms with Crippen LogP contribution in [-0.2, 0) is 4.74 Å². The molecule has 2 rings (SSSR count). The summed E-state index contributed by atoms with van der Waals surface area (Å²) in [6.45, 7) is 1.61. The molecule has 19 heavy (non-hydrogen) atoms. The molecule has 1 aliphatic heterocycles. The normalized spacial score (nSPS) is 23.1. The van der Waals surface area contributed by atoms with Gasteiger partial charge in [0.2, 0.25) is 0 Å². The summed E-state index contributed by atoms with van der Waals surface area (Å²) in [7, 11) is 0. The zero-order valence-corrected chi connectivity index (χ0v) is 12.7. The first-order chi connectivity index (χ1) is 9.24. The van der Waals surface area contributed by atoms with Gasteiger partial charge in [0.1, 0.15) is 0 Å². The van der Waals surface area contributed by atoms with E-state index in [2.05, 4.69) is 21.5 Å². The lowest BCUT2D eigenvalue weighted by molar-refractivity contribution is 0.114. The van der Waals surface area contributed by atoms with Crippen LogP contribution in [0.4, 0.5) is 0 Å². The fraction of sp³-hybridized carbons (Fsp3) is 0.833. The summed E-state index contributed by atoms with van der Waals surface area (Å²) in [5.74, 6) is 0. The third-order valence-electron chi connectivity index (χ3n) is 3.49. The average molecular weight is 302 g/mol. The van der Waals surface area contributed by atoms with Crippen LogP contribution in [0.25, 0.3) is 0 Å². The Labute approximate surface area is 125 Å². The molecular formula is C12H22N4OS2. The molecule has 0 bridgehead atoms. The number of rotatable bonds is 3. The van der Waals surface area contributed by atoms with E-state index < -0.39 is 0 Å². The van der Waals surface area contributed by atoms with Crippen LogP contribution in [0.1, 0.15) is 38.5 Å². The maximum atomic E-state index is 5.51. The van der Waals surface area contributed by atoms with E-state index in [1.165, 1.54) is 25.7 Å². The molecule has 108 valence electrons. The second kappa shape index (κ2) is 7.81. The van der Waals surface area contributed by atoms with Crippen molar-refractivity contribution in [1.82, 2.24) is 21.5 Å². The van der Waals surface area contributed by atoms with Crippen molar-refractivity contribution in [3.8, 4) is 0 Å². The fourth-order valence-electron chi connectivity index (χ4n) is 2.46. The first kappa shape index (κ1) is 14.7. The highest BCUT2D eigenvalue weighted by molar-refractivity contribution is 7.80. The number of thiocarbonyl (C=S) groups is 2. The highest BCUT2D eigenvalue weighted by atomic mass is 32.1. The molecule has 2 fully saturated rings. The van der Waals surface area contributed by atoms with Crippen molar-refractivity contribution in [3.05, 3.63) is 0 Å². The fourth-order valence-corrected chi connectivity index (χ4v) is 2.81. The molecular weight excluding hydrogens is 280 g/mol. The predicted octanol–water partition coefficient (Wildman–Crippen LogP) is 0.951. The lowest BCUT2D eigenvalue weighted by Gasteiger charge is -2.18. The van der Waals surface area contributed by atoms with Gasteiger partial charge in [0, 0.05) is 19.2 Å². The van der Waals surface area contributed by atoms with E-state index in [1.54, 1.807) is 0 Å². The molecule has 0 aromatic carbocycles. The van der Waals surface area contributed by atoms with Crippen LogP contribution in [0.5, 0.6) is 0 Å². The molecule has 1 saturated carbocycles. The van der Waals surface area contributed by atoms with Gasteiger partial charge in [-0.1, -0.05) is 12.8 Å². The van der Waals surface area contributed by atoms with Crippen LogP contribution in [0.3, 0.4) is 0 Å². The van der Waals surface area contributed by atoms with Crippen molar-refractivity contribution in [2.75, 3.05) is 13.2 Å². The Kier molecular flexibility index (Phi) is 6.06. The van der Waals surface area contributed by atoms with E-state index >= 15 is 0 Å². The predicted molar refractivity (Wildman–Crippen MR) is 83.8 cm³/mol. The van der Waals surface area contributed by atoms with Crippen molar-refractivity contribution < 1.29 is 4.74 Å². The number of hydrogen-bond donors (Lipinski definition) is 4. The van der Waals surface area contributed by atoms with Crippen molar-refractivity contribution in [2.24, 2.45) is 0 Å². The van der Waals surface area contributed by atoms with Crippen molar-refractivity contribution in [3.63, 3.8) is 0 Å². The van der Waals surface area contributed by atoms with Gasteiger partial charge >= 0.3 is 0 Å². The number of nitrogens with one attached hydrogen (secondary N) is 4. The Balaban J connectivity index is 1.53. The molecule has 0 spiro atoms. The van der Waals surface area contributed by atoms with Crippen molar-refractivity contribution in [2.45, 2.75) is 50.7 Å². The largest absolute Gasteiger partial charge is 0.376 e. The summed E-state index contributed by atoms with van der Waals surface area (Å²) in [6.07, 6.45) is 7.49. The van der Waals surface area contributed by atoms with Gasteiger partial charge in [0.15, 0.2) is 10.2 Å². The van der Waals surface area contributed by atoms with Crippen LogP contribution in [0.15, 0.2) is 0 Å². The lowest BCUT2D eigenvalue weighted by Crippen LogP contribution is -2.52. The molecule has 0 aromatic rings. The van der Waals surface area contributed by atoms with E-state index in [0.29, 0.717) is 16.3 Å². The number of hydrazine groups is 1.